The van der Waals surface area contributed by atoms with Crippen LogP contribution in [0.1, 0.15) is 64.5 Å². The second-order valence-corrected chi connectivity index (χ2v) is 7.86. The summed E-state index contributed by atoms with van der Waals surface area (Å²) >= 11 is 0. The fourth-order valence-electron chi connectivity index (χ4n) is 2.76. The molecule has 0 bridgehead atoms. The Labute approximate surface area is 149 Å². The molecule has 0 unspecified atom stereocenters. The van der Waals surface area contributed by atoms with Crippen LogP contribution in [0.4, 0.5) is 0 Å². The van der Waals surface area contributed by atoms with Gasteiger partial charge in [-0.2, -0.15) is 0 Å². The van der Waals surface area contributed by atoms with Crippen LogP contribution in [0.25, 0.3) is 0 Å². The van der Waals surface area contributed by atoms with Gasteiger partial charge in [-0.25, -0.2) is 0 Å². The van der Waals surface area contributed by atoms with Crippen molar-refractivity contribution in [3.63, 3.8) is 0 Å². The summed E-state index contributed by atoms with van der Waals surface area (Å²) in [7, 11) is 0. The molecule has 24 heavy (non-hydrogen) atoms. The van der Waals surface area contributed by atoms with Crippen LogP contribution < -0.4 is 0 Å². The first-order valence-electron chi connectivity index (χ1n) is 9.63. The van der Waals surface area contributed by atoms with E-state index >= 15 is 0 Å². The molecule has 0 N–H and O–H groups in total. The normalized spacial score (nSPS) is 29.6. The van der Waals surface area contributed by atoms with Crippen molar-refractivity contribution in [3.8, 4) is 0 Å². The SMILES string of the molecule is CC1CCC(C)CC1.CC1COC(C)OC1.Cc1ccc(C)cc1. The van der Waals surface area contributed by atoms with E-state index in [0.717, 1.165) is 25.0 Å². The summed E-state index contributed by atoms with van der Waals surface area (Å²) in [6.07, 6.45) is 5.91. The molecule has 0 amide bonds. The largest absolute Gasteiger partial charge is 0.353 e. The van der Waals surface area contributed by atoms with Gasteiger partial charge in [-0.05, 0) is 32.6 Å². The van der Waals surface area contributed by atoms with E-state index in [-0.39, 0.29) is 6.29 Å². The molecule has 0 radical (unpaired) electrons. The highest BCUT2D eigenvalue weighted by Crippen LogP contribution is 2.27. The zero-order chi connectivity index (χ0) is 17.9. The summed E-state index contributed by atoms with van der Waals surface area (Å²) in [5.74, 6) is 2.61. The maximum atomic E-state index is 5.17. The van der Waals surface area contributed by atoms with Crippen molar-refractivity contribution < 1.29 is 9.47 Å². The van der Waals surface area contributed by atoms with Gasteiger partial charge >= 0.3 is 0 Å². The molecule has 138 valence electrons. The summed E-state index contributed by atoms with van der Waals surface area (Å²) in [6.45, 7) is 14.7. The predicted octanol–water partition coefficient (Wildman–Crippen LogP) is 6.15. The van der Waals surface area contributed by atoms with Crippen molar-refractivity contribution in [2.24, 2.45) is 17.8 Å². The van der Waals surface area contributed by atoms with Crippen molar-refractivity contribution in [1.29, 1.82) is 0 Å². The van der Waals surface area contributed by atoms with Gasteiger partial charge in [0.25, 0.3) is 0 Å². The average Bonchev–Trinajstić information content (AvgIpc) is 2.57. The third-order valence-corrected chi connectivity index (χ3v) is 4.75. The van der Waals surface area contributed by atoms with Gasteiger partial charge in [0, 0.05) is 5.92 Å². The Morgan fingerprint density at radius 2 is 0.958 bits per heavy atom. The lowest BCUT2D eigenvalue weighted by Crippen LogP contribution is -2.27. The quantitative estimate of drug-likeness (QED) is 0.566. The van der Waals surface area contributed by atoms with Crippen LogP contribution in [0, 0.1) is 31.6 Å². The van der Waals surface area contributed by atoms with Crippen LogP contribution in [0.5, 0.6) is 0 Å². The molecule has 0 spiro atoms. The molecule has 1 saturated carbocycles. The van der Waals surface area contributed by atoms with E-state index in [1.807, 2.05) is 6.92 Å². The topological polar surface area (TPSA) is 18.5 Å². The van der Waals surface area contributed by atoms with E-state index in [0.29, 0.717) is 5.92 Å². The van der Waals surface area contributed by atoms with E-state index in [2.05, 4.69) is 58.9 Å². The molecule has 2 aliphatic rings. The lowest BCUT2D eigenvalue weighted by Gasteiger charge is -2.24. The number of ether oxygens (including phenoxy) is 2. The van der Waals surface area contributed by atoms with Crippen LogP contribution in [0.3, 0.4) is 0 Å². The predicted molar refractivity (Wildman–Crippen MR) is 103 cm³/mol. The third kappa shape index (κ3) is 10.1. The van der Waals surface area contributed by atoms with Crippen LogP contribution in [-0.4, -0.2) is 19.5 Å². The summed E-state index contributed by atoms with van der Waals surface area (Å²) < 4.78 is 10.3. The van der Waals surface area contributed by atoms with Gasteiger partial charge in [0.2, 0.25) is 0 Å². The van der Waals surface area contributed by atoms with Gasteiger partial charge in [-0.15, -0.1) is 0 Å². The second kappa shape index (κ2) is 11.7. The molecular weight excluding hydrogens is 296 g/mol. The van der Waals surface area contributed by atoms with Gasteiger partial charge < -0.3 is 9.47 Å². The van der Waals surface area contributed by atoms with E-state index in [9.17, 15) is 0 Å². The van der Waals surface area contributed by atoms with E-state index in [4.69, 9.17) is 9.47 Å². The molecule has 2 fully saturated rings. The van der Waals surface area contributed by atoms with Gasteiger partial charge in [0.1, 0.15) is 0 Å². The molecule has 1 aliphatic carbocycles. The standard InChI is InChI=1S/C8H16.C8H10.C6H12O2/c2*1-7-3-5-8(2)6-4-7;1-5-3-7-6(2)8-4-5/h7-8H,3-6H2,1-2H3;3-6H,1-2H3;5-6H,3-4H2,1-2H3. The van der Waals surface area contributed by atoms with Crippen LogP contribution in [0.15, 0.2) is 24.3 Å². The first-order valence-corrected chi connectivity index (χ1v) is 9.63. The number of rotatable bonds is 0. The summed E-state index contributed by atoms with van der Waals surface area (Å²) in [6, 6.07) is 8.48. The van der Waals surface area contributed by atoms with Crippen molar-refractivity contribution in [3.05, 3.63) is 35.4 Å². The van der Waals surface area contributed by atoms with Crippen LogP contribution in [-0.2, 0) is 9.47 Å². The zero-order valence-electron chi connectivity index (χ0n) is 16.7. The molecule has 1 aromatic rings. The Balaban J connectivity index is 0.000000180. The van der Waals surface area contributed by atoms with E-state index in [1.165, 1.54) is 36.8 Å². The molecule has 0 aromatic heterocycles. The zero-order valence-corrected chi connectivity index (χ0v) is 16.7. The first-order chi connectivity index (χ1) is 11.4. The smallest absolute Gasteiger partial charge is 0.154 e. The highest BCUT2D eigenvalue weighted by atomic mass is 16.7. The molecule has 3 rings (SSSR count). The Morgan fingerprint density at radius 1 is 0.625 bits per heavy atom. The van der Waals surface area contributed by atoms with Crippen LogP contribution in [0.2, 0.25) is 0 Å². The van der Waals surface area contributed by atoms with Crippen molar-refractivity contribution in [1.82, 2.24) is 0 Å². The lowest BCUT2D eigenvalue weighted by atomic mass is 9.84. The number of aryl methyl sites for hydroxylation is 2. The Morgan fingerprint density at radius 3 is 1.25 bits per heavy atom. The second-order valence-electron chi connectivity index (χ2n) is 7.86. The Kier molecular flexibility index (Phi) is 10.3. The van der Waals surface area contributed by atoms with Gasteiger partial charge in [0.05, 0.1) is 13.2 Å². The highest BCUT2D eigenvalue weighted by Gasteiger charge is 2.14. The summed E-state index contributed by atoms with van der Waals surface area (Å²) in [5, 5.41) is 0. The Hall–Kier alpha value is -0.860. The van der Waals surface area contributed by atoms with Crippen LogP contribution >= 0.6 is 0 Å². The molecule has 2 heteroatoms. The van der Waals surface area contributed by atoms with Gasteiger partial charge in [-0.3, -0.25) is 0 Å². The molecule has 1 aromatic carbocycles. The maximum absolute atomic E-state index is 5.17. The Bertz CT molecular complexity index is 349. The maximum Gasteiger partial charge on any atom is 0.154 e. The molecule has 1 heterocycles. The molecule has 2 nitrogen and oxygen atoms in total. The molecule has 1 saturated heterocycles. The number of hydrogen-bond donors (Lipinski definition) is 0. The monoisotopic (exact) mass is 334 g/mol. The van der Waals surface area contributed by atoms with E-state index in [1.54, 1.807) is 0 Å². The van der Waals surface area contributed by atoms with Gasteiger partial charge in [-0.1, -0.05) is 81.8 Å². The minimum absolute atomic E-state index is 0.0196. The third-order valence-electron chi connectivity index (χ3n) is 4.75. The van der Waals surface area contributed by atoms with E-state index < -0.39 is 0 Å². The highest BCUT2D eigenvalue weighted by molar-refractivity contribution is 5.19. The summed E-state index contributed by atoms with van der Waals surface area (Å²) in [5.41, 5.74) is 2.66. The number of benzene rings is 1. The first kappa shape index (κ1) is 21.2. The fraction of sp³-hybridized carbons (Fsp3) is 0.727. The van der Waals surface area contributed by atoms with Gasteiger partial charge in [0.15, 0.2) is 6.29 Å². The minimum atomic E-state index is 0.0196. The lowest BCUT2D eigenvalue weighted by molar-refractivity contribution is -0.187. The van der Waals surface area contributed by atoms with Crippen molar-refractivity contribution in [2.45, 2.75) is 73.5 Å². The average molecular weight is 335 g/mol. The minimum Gasteiger partial charge on any atom is -0.353 e. The summed E-state index contributed by atoms with van der Waals surface area (Å²) in [4.78, 5) is 0. The number of hydrogen-bond acceptors (Lipinski definition) is 2. The molecular formula is C22H38O2. The fourth-order valence-corrected chi connectivity index (χ4v) is 2.76. The molecule has 0 atom stereocenters. The molecule has 1 aliphatic heterocycles. The van der Waals surface area contributed by atoms with Crippen molar-refractivity contribution >= 4 is 0 Å². The van der Waals surface area contributed by atoms with Crippen molar-refractivity contribution in [2.75, 3.05) is 13.2 Å².